The summed E-state index contributed by atoms with van der Waals surface area (Å²) in [4.78, 5) is 12.1. The summed E-state index contributed by atoms with van der Waals surface area (Å²) < 4.78 is 31.3. The van der Waals surface area contributed by atoms with Gasteiger partial charge in [0.15, 0.2) is 0 Å². The molecule has 1 aliphatic rings. The molecule has 1 aliphatic carbocycles. The summed E-state index contributed by atoms with van der Waals surface area (Å²) in [5.41, 5.74) is 0.439. The van der Waals surface area contributed by atoms with Crippen molar-refractivity contribution in [1.82, 2.24) is 14.8 Å². The molecule has 3 rings (SSSR count). The monoisotopic (exact) mass is 295 g/mol. The van der Waals surface area contributed by atoms with Crippen molar-refractivity contribution < 1.29 is 13.2 Å². The highest BCUT2D eigenvalue weighted by atomic mass is 19.3. The van der Waals surface area contributed by atoms with E-state index in [0.717, 1.165) is 6.42 Å². The van der Waals surface area contributed by atoms with Gasteiger partial charge in [-0.1, -0.05) is 13.8 Å². The van der Waals surface area contributed by atoms with Crippen molar-refractivity contribution in [2.24, 2.45) is 11.3 Å². The summed E-state index contributed by atoms with van der Waals surface area (Å²) in [6.45, 7) is 5.00. The fourth-order valence-electron chi connectivity index (χ4n) is 2.36. The number of hydrogen-bond donors (Lipinski definition) is 0. The number of alkyl halides is 2. The Morgan fingerprint density at radius 3 is 2.71 bits per heavy atom. The topological polar surface area (TPSA) is 60.9 Å². The average molecular weight is 295 g/mol. The summed E-state index contributed by atoms with van der Waals surface area (Å²) in [6, 6.07) is 2.96. The van der Waals surface area contributed by atoms with Gasteiger partial charge in [-0.15, -0.1) is 10.2 Å². The molecule has 1 atom stereocenters. The quantitative estimate of drug-likeness (QED) is 0.870. The molecule has 1 unspecified atom stereocenters. The van der Waals surface area contributed by atoms with Crippen LogP contribution in [0.5, 0.6) is 0 Å². The summed E-state index contributed by atoms with van der Waals surface area (Å²) in [5.74, 6) is -0.315. The standard InChI is InChI=1S/C14H15F2N3O2/c1-14(2)6-9(14)7-19-4-3-8(5-10(19)20)12-17-18-13(21-12)11(15)16/h3-5,9,11H,6-7H2,1-2H3. The maximum absolute atomic E-state index is 12.4. The largest absolute Gasteiger partial charge is 0.415 e. The lowest BCUT2D eigenvalue weighted by atomic mass is 10.1. The first-order valence-corrected chi connectivity index (χ1v) is 6.69. The van der Waals surface area contributed by atoms with E-state index < -0.39 is 12.3 Å². The number of hydrogen-bond acceptors (Lipinski definition) is 4. The molecular weight excluding hydrogens is 280 g/mol. The molecule has 7 heteroatoms. The molecule has 0 saturated heterocycles. The smallest absolute Gasteiger partial charge is 0.314 e. The maximum atomic E-state index is 12.4. The Balaban J connectivity index is 1.82. The SMILES string of the molecule is CC1(C)CC1Cn1ccc(-c2nnc(C(F)F)o2)cc1=O. The van der Waals surface area contributed by atoms with Crippen LogP contribution in [0.2, 0.25) is 0 Å². The predicted molar refractivity (Wildman–Crippen MR) is 70.8 cm³/mol. The Labute approximate surface area is 119 Å². The van der Waals surface area contributed by atoms with Gasteiger partial charge >= 0.3 is 6.43 Å². The molecule has 5 nitrogen and oxygen atoms in total. The first kappa shape index (κ1) is 13.9. The van der Waals surface area contributed by atoms with Crippen LogP contribution in [0, 0.1) is 11.3 Å². The second-order valence-corrected chi connectivity index (χ2v) is 6.04. The minimum atomic E-state index is -2.82. The molecule has 0 N–H and O–H groups in total. The van der Waals surface area contributed by atoms with E-state index >= 15 is 0 Å². The third-order valence-corrected chi connectivity index (χ3v) is 4.00. The van der Waals surface area contributed by atoms with E-state index in [2.05, 4.69) is 24.0 Å². The molecule has 0 bridgehead atoms. The van der Waals surface area contributed by atoms with E-state index in [4.69, 9.17) is 4.42 Å². The zero-order valence-corrected chi connectivity index (χ0v) is 11.7. The summed E-state index contributed by atoms with van der Waals surface area (Å²) in [7, 11) is 0. The van der Waals surface area contributed by atoms with Crippen LogP contribution in [0.4, 0.5) is 8.78 Å². The van der Waals surface area contributed by atoms with Crippen molar-refractivity contribution in [2.75, 3.05) is 0 Å². The first-order valence-electron chi connectivity index (χ1n) is 6.69. The molecule has 0 amide bonds. The zero-order chi connectivity index (χ0) is 15.2. The van der Waals surface area contributed by atoms with E-state index in [1.165, 1.54) is 6.07 Å². The fourth-order valence-corrected chi connectivity index (χ4v) is 2.36. The van der Waals surface area contributed by atoms with Gasteiger partial charge in [0.2, 0.25) is 5.89 Å². The van der Waals surface area contributed by atoms with Crippen molar-refractivity contribution >= 4 is 0 Å². The lowest BCUT2D eigenvalue weighted by molar-refractivity contribution is 0.116. The lowest BCUT2D eigenvalue weighted by Gasteiger charge is -2.07. The minimum absolute atomic E-state index is 0.0682. The Bertz CT molecular complexity index is 721. The van der Waals surface area contributed by atoms with Crippen molar-refractivity contribution in [3.63, 3.8) is 0 Å². The summed E-state index contributed by atoms with van der Waals surface area (Å²) >= 11 is 0. The van der Waals surface area contributed by atoms with Gasteiger partial charge in [-0.3, -0.25) is 4.79 Å². The van der Waals surface area contributed by atoms with E-state index in [0.29, 0.717) is 18.0 Å². The van der Waals surface area contributed by atoms with Crippen molar-refractivity contribution in [2.45, 2.75) is 33.2 Å². The van der Waals surface area contributed by atoms with Crippen LogP contribution in [-0.2, 0) is 6.54 Å². The normalized spacial score (nSPS) is 20.0. The molecule has 1 saturated carbocycles. The van der Waals surface area contributed by atoms with E-state index in [9.17, 15) is 13.6 Å². The van der Waals surface area contributed by atoms with Crippen LogP contribution in [0.3, 0.4) is 0 Å². The van der Waals surface area contributed by atoms with Gasteiger partial charge in [-0.25, -0.2) is 0 Å². The number of nitrogens with zero attached hydrogens (tertiary/aromatic N) is 3. The number of rotatable bonds is 4. The van der Waals surface area contributed by atoms with Crippen molar-refractivity contribution in [1.29, 1.82) is 0 Å². The van der Waals surface area contributed by atoms with Gasteiger partial charge in [0.05, 0.1) is 0 Å². The molecule has 2 aromatic rings. The van der Waals surface area contributed by atoms with Crippen LogP contribution in [0.15, 0.2) is 27.5 Å². The molecule has 0 aliphatic heterocycles. The number of pyridine rings is 1. The van der Waals surface area contributed by atoms with Crippen LogP contribution in [-0.4, -0.2) is 14.8 Å². The average Bonchev–Trinajstić information content (AvgIpc) is 2.85. The Kier molecular flexibility index (Phi) is 3.15. The van der Waals surface area contributed by atoms with E-state index in [1.807, 2.05) is 0 Å². The van der Waals surface area contributed by atoms with Crippen molar-refractivity contribution in [3.8, 4) is 11.5 Å². The second kappa shape index (κ2) is 4.75. The Morgan fingerprint density at radius 2 is 2.19 bits per heavy atom. The molecular formula is C14H15F2N3O2. The Hall–Kier alpha value is -2.05. The third-order valence-electron chi connectivity index (χ3n) is 4.00. The second-order valence-electron chi connectivity index (χ2n) is 6.04. The summed E-state index contributed by atoms with van der Waals surface area (Å²) in [5, 5.41) is 6.78. The number of aromatic nitrogens is 3. The molecule has 2 aromatic heterocycles. The van der Waals surface area contributed by atoms with Gasteiger partial charge in [0.1, 0.15) is 0 Å². The first-order chi connectivity index (χ1) is 9.87. The van der Waals surface area contributed by atoms with Gasteiger partial charge in [-0.2, -0.15) is 8.78 Å². The van der Waals surface area contributed by atoms with Gasteiger partial charge in [0.25, 0.3) is 11.4 Å². The van der Waals surface area contributed by atoms with Crippen LogP contribution >= 0.6 is 0 Å². The van der Waals surface area contributed by atoms with E-state index in [1.54, 1.807) is 16.8 Å². The maximum Gasteiger partial charge on any atom is 0.314 e. The molecule has 112 valence electrons. The Morgan fingerprint density at radius 1 is 1.48 bits per heavy atom. The highest BCUT2D eigenvalue weighted by molar-refractivity contribution is 5.50. The molecule has 1 fully saturated rings. The zero-order valence-electron chi connectivity index (χ0n) is 11.7. The molecule has 0 aromatic carbocycles. The van der Waals surface area contributed by atoms with Gasteiger partial charge in [-0.05, 0) is 23.8 Å². The van der Waals surface area contributed by atoms with Crippen LogP contribution in [0.25, 0.3) is 11.5 Å². The molecule has 0 radical (unpaired) electrons. The van der Waals surface area contributed by atoms with Crippen LogP contribution in [0.1, 0.15) is 32.6 Å². The highest BCUT2D eigenvalue weighted by Gasteiger charge is 2.45. The molecule has 21 heavy (non-hydrogen) atoms. The lowest BCUT2D eigenvalue weighted by Crippen LogP contribution is -2.20. The van der Waals surface area contributed by atoms with Crippen LogP contribution < -0.4 is 5.56 Å². The van der Waals surface area contributed by atoms with Gasteiger partial charge in [0, 0.05) is 24.4 Å². The minimum Gasteiger partial charge on any atom is -0.415 e. The summed E-state index contributed by atoms with van der Waals surface area (Å²) in [6.07, 6.45) is -0.0790. The number of halogens is 2. The highest BCUT2D eigenvalue weighted by Crippen LogP contribution is 2.52. The predicted octanol–water partition coefficient (Wildman–Crippen LogP) is 2.88. The van der Waals surface area contributed by atoms with Gasteiger partial charge < -0.3 is 8.98 Å². The van der Waals surface area contributed by atoms with E-state index in [-0.39, 0.29) is 16.9 Å². The fraction of sp³-hybridized carbons (Fsp3) is 0.500. The molecule has 0 spiro atoms. The third kappa shape index (κ3) is 2.72. The van der Waals surface area contributed by atoms with Crippen molar-refractivity contribution in [3.05, 3.63) is 34.6 Å². The molecule has 2 heterocycles.